The minimum absolute atomic E-state index is 0.161. The third-order valence-electron chi connectivity index (χ3n) is 5.75. The fraction of sp³-hybridized carbons (Fsp3) is 0.185. The average molecular weight is 442 g/mol. The van der Waals surface area contributed by atoms with E-state index in [0.717, 1.165) is 27.6 Å². The van der Waals surface area contributed by atoms with Gasteiger partial charge in [0.1, 0.15) is 5.75 Å². The monoisotopic (exact) mass is 441 g/mol. The molecule has 6 nitrogen and oxygen atoms in total. The summed E-state index contributed by atoms with van der Waals surface area (Å²) in [5, 5.41) is 3.87. The number of para-hydroxylation sites is 2. The van der Waals surface area contributed by atoms with Crippen LogP contribution in [0.1, 0.15) is 22.3 Å². The van der Waals surface area contributed by atoms with E-state index in [4.69, 9.17) is 4.74 Å². The molecule has 0 spiro atoms. The predicted octanol–water partition coefficient (Wildman–Crippen LogP) is 5.39. The summed E-state index contributed by atoms with van der Waals surface area (Å²) in [7, 11) is 1.56. The van der Waals surface area contributed by atoms with E-state index in [9.17, 15) is 9.59 Å². The fourth-order valence-electron chi connectivity index (χ4n) is 3.79. The number of urea groups is 1. The Morgan fingerprint density at radius 1 is 0.939 bits per heavy atom. The second kappa shape index (κ2) is 9.61. The number of pyridine rings is 1. The summed E-state index contributed by atoms with van der Waals surface area (Å²) in [6, 6.07) is 22.5. The summed E-state index contributed by atoms with van der Waals surface area (Å²) >= 11 is 0. The van der Waals surface area contributed by atoms with Crippen LogP contribution in [-0.4, -0.2) is 23.0 Å². The van der Waals surface area contributed by atoms with Gasteiger partial charge < -0.3 is 19.9 Å². The molecule has 0 aliphatic heterocycles. The first-order valence-electron chi connectivity index (χ1n) is 10.8. The van der Waals surface area contributed by atoms with E-state index in [-0.39, 0.29) is 18.1 Å². The number of carbonyl (C=O) groups excluding carboxylic acids is 1. The van der Waals surface area contributed by atoms with E-state index >= 15 is 0 Å². The Labute approximate surface area is 192 Å². The maximum atomic E-state index is 13.3. The molecule has 1 aromatic heterocycles. The highest BCUT2D eigenvalue weighted by atomic mass is 16.5. The minimum atomic E-state index is -0.317. The van der Waals surface area contributed by atoms with Gasteiger partial charge in [0.05, 0.1) is 19.3 Å². The third kappa shape index (κ3) is 5.06. The van der Waals surface area contributed by atoms with Crippen molar-refractivity contribution in [2.24, 2.45) is 0 Å². The molecular formula is C27H27N3O3. The van der Waals surface area contributed by atoms with Crippen LogP contribution >= 0.6 is 0 Å². The number of hydrogen-bond acceptors (Lipinski definition) is 3. The molecule has 168 valence electrons. The molecule has 2 N–H and O–H groups in total. The van der Waals surface area contributed by atoms with E-state index in [1.807, 2.05) is 68.4 Å². The molecule has 0 fully saturated rings. The normalized spacial score (nSPS) is 10.8. The molecule has 4 aromatic rings. The van der Waals surface area contributed by atoms with E-state index in [2.05, 4.69) is 16.4 Å². The average Bonchev–Trinajstić information content (AvgIpc) is 2.81. The third-order valence-corrected chi connectivity index (χ3v) is 5.75. The van der Waals surface area contributed by atoms with Crippen molar-refractivity contribution in [3.8, 4) is 5.75 Å². The summed E-state index contributed by atoms with van der Waals surface area (Å²) in [5.41, 5.74) is 4.92. The summed E-state index contributed by atoms with van der Waals surface area (Å²) < 4.78 is 5.36. The summed E-state index contributed by atoms with van der Waals surface area (Å²) in [6.07, 6.45) is 0. The van der Waals surface area contributed by atoms with Gasteiger partial charge in [0, 0.05) is 17.6 Å². The number of aromatic nitrogens is 1. The zero-order valence-corrected chi connectivity index (χ0v) is 19.0. The van der Waals surface area contributed by atoms with Gasteiger partial charge in [-0.1, -0.05) is 42.5 Å². The molecule has 2 amide bonds. The quantitative estimate of drug-likeness (QED) is 0.421. The first-order valence-corrected chi connectivity index (χ1v) is 10.8. The van der Waals surface area contributed by atoms with Crippen LogP contribution < -0.4 is 15.6 Å². The predicted molar refractivity (Wildman–Crippen MR) is 132 cm³/mol. The fourth-order valence-corrected chi connectivity index (χ4v) is 3.79. The molecule has 0 saturated heterocycles. The topological polar surface area (TPSA) is 74.4 Å². The van der Waals surface area contributed by atoms with Crippen LogP contribution in [-0.2, 0) is 13.1 Å². The smallest absolute Gasteiger partial charge is 0.322 e. The number of hydrogen-bond donors (Lipinski definition) is 2. The van der Waals surface area contributed by atoms with Crippen LogP contribution in [0.25, 0.3) is 10.9 Å². The second-order valence-corrected chi connectivity index (χ2v) is 8.12. The first kappa shape index (κ1) is 22.1. The Bertz CT molecular complexity index is 1350. The number of H-pyrrole nitrogens is 1. The number of methoxy groups -OCH3 is 1. The van der Waals surface area contributed by atoms with Crippen LogP contribution in [0.5, 0.6) is 5.75 Å². The Hall–Kier alpha value is -4.06. The first-order chi connectivity index (χ1) is 15.9. The highest BCUT2D eigenvalue weighted by Crippen LogP contribution is 2.24. The van der Waals surface area contributed by atoms with Crippen molar-refractivity contribution in [1.82, 2.24) is 9.88 Å². The Morgan fingerprint density at radius 3 is 2.39 bits per heavy atom. The van der Waals surface area contributed by atoms with Gasteiger partial charge in [0.25, 0.3) is 5.56 Å². The van der Waals surface area contributed by atoms with Crippen LogP contribution in [0.15, 0.2) is 77.6 Å². The van der Waals surface area contributed by atoms with Crippen LogP contribution in [0.4, 0.5) is 10.5 Å². The molecule has 33 heavy (non-hydrogen) atoms. The molecule has 0 atom stereocenters. The number of amides is 2. The summed E-state index contributed by atoms with van der Waals surface area (Å²) in [5.74, 6) is 0.569. The van der Waals surface area contributed by atoms with Gasteiger partial charge in [-0.15, -0.1) is 0 Å². The number of anilines is 1. The number of ether oxygens (including phenoxy) is 1. The van der Waals surface area contributed by atoms with E-state index in [1.165, 1.54) is 0 Å². The maximum absolute atomic E-state index is 13.3. The number of aryl methyl sites for hydroxylation is 2. The molecule has 0 saturated carbocycles. The van der Waals surface area contributed by atoms with Gasteiger partial charge >= 0.3 is 6.03 Å². The Balaban J connectivity index is 1.67. The van der Waals surface area contributed by atoms with E-state index in [1.54, 1.807) is 24.1 Å². The number of rotatable bonds is 6. The standard InChI is InChI=1S/C27H27N3O3/c1-18-13-21-15-22(26(31)28-24(21)14-19(18)2)17-30(16-20-9-5-4-6-10-20)27(32)29-23-11-7-8-12-25(23)33-3/h4-15H,16-17H2,1-3H3,(H,28,31)(H,29,32). The van der Waals surface area contributed by atoms with Crippen LogP contribution in [0.3, 0.4) is 0 Å². The zero-order valence-electron chi connectivity index (χ0n) is 19.0. The second-order valence-electron chi connectivity index (χ2n) is 8.12. The number of fused-ring (bicyclic) bond motifs is 1. The number of nitrogens with zero attached hydrogens (tertiary/aromatic N) is 1. The maximum Gasteiger partial charge on any atom is 0.322 e. The number of carbonyl (C=O) groups is 1. The van der Waals surface area contributed by atoms with E-state index in [0.29, 0.717) is 23.5 Å². The van der Waals surface area contributed by atoms with Gasteiger partial charge in [0.15, 0.2) is 0 Å². The van der Waals surface area contributed by atoms with Crippen molar-refractivity contribution < 1.29 is 9.53 Å². The highest BCUT2D eigenvalue weighted by Gasteiger charge is 2.18. The minimum Gasteiger partial charge on any atom is -0.495 e. The molecule has 1 heterocycles. The Kier molecular flexibility index (Phi) is 6.45. The molecule has 0 radical (unpaired) electrons. The van der Waals surface area contributed by atoms with Crippen molar-refractivity contribution in [2.75, 3.05) is 12.4 Å². The number of aromatic amines is 1. The highest BCUT2D eigenvalue weighted by molar-refractivity contribution is 5.91. The largest absolute Gasteiger partial charge is 0.495 e. The lowest BCUT2D eigenvalue weighted by Crippen LogP contribution is -2.35. The Morgan fingerprint density at radius 2 is 1.64 bits per heavy atom. The molecule has 0 bridgehead atoms. The van der Waals surface area contributed by atoms with Crippen molar-refractivity contribution in [2.45, 2.75) is 26.9 Å². The SMILES string of the molecule is COc1ccccc1NC(=O)N(Cc1ccccc1)Cc1cc2cc(C)c(C)cc2[nH]c1=O. The lowest BCUT2D eigenvalue weighted by molar-refractivity contribution is 0.206. The molecule has 0 aliphatic carbocycles. The lowest BCUT2D eigenvalue weighted by atomic mass is 10.0. The summed E-state index contributed by atoms with van der Waals surface area (Å²) in [4.78, 5) is 30.8. The summed E-state index contributed by atoms with van der Waals surface area (Å²) in [6.45, 7) is 4.58. The van der Waals surface area contributed by atoms with Crippen molar-refractivity contribution in [1.29, 1.82) is 0 Å². The van der Waals surface area contributed by atoms with Gasteiger partial charge in [-0.3, -0.25) is 4.79 Å². The molecular weight excluding hydrogens is 414 g/mol. The van der Waals surface area contributed by atoms with Gasteiger partial charge in [-0.25, -0.2) is 4.79 Å². The van der Waals surface area contributed by atoms with Crippen molar-refractivity contribution in [3.63, 3.8) is 0 Å². The van der Waals surface area contributed by atoms with Crippen LogP contribution in [0, 0.1) is 13.8 Å². The molecule has 6 heteroatoms. The van der Waals surface area contributed by atoms with Gasteiger partial charge in [0.2, 0.25) is 0 Å². The molecule has 0 aliphatic rings. The van der Waals surface area contributed by atoms with Gasteiger partial charge in [-0.05, 0) is 66.3 Å². The number of nitrogens with one attached hydrogen (secondary N) is 2. The lowest BCUT2D eigenvalue weighted by Gasteiger charge is -2.24. The van der Waals surface area contributed by atoms with Gasteiger partial charge in [-0.2, -0.15) is 0 Å². The van der Waals surface area contributed by atoms with Crippen LogP contribution in [0.2, 0.25) is 0 Å². The van der Waals surface area contributed by atoms with E-state index < -0.39 is 0 Å². The molecule has 4 rings (SSSR count). The van der Waals surface area contributed by atoms with Crippen molar-refractivity contribution >= 4 is 22.6 Å². The van der Waals surface area contributed by atoms with Crippen molar-refractivity contribution in [3.05, 3.63) is 105 Å². The zero-order chi connectivity index (χ0) is 23.4. The number of benzene rings is 3. The molecule has 3 aromatic carbocycles. The molecule has 0 unspecified atom stereocenters.